The first-order valence-electron chi connectivity index (χ1n) is 14.1. The van der Waals surface area contributed by atoms with Gasteiger partial charge < -0.3 is 5.32 Å². The van der Waals surface area contributed by atoms with Crippen LogP contribution in [0.5, 0.6) is 0 Å². The Kier molecular flexibility index (Phi) is 7.38. The molecule has 4 rings (SSSR count). The fraction of sp³-hybridized carbons (Fsp3) is 0.839. The van der Waals surface area contributed by atoms with Crippen LogP contribution in [0.25, 0.3) is 0 Å². The number of nitrogens with one attached hydrogen (secondary N) is 1. The Balaban J connectivity index is 1.45. The first-order chi connectivity index (χ1) is 15.7. The molecule has 0 saturated heterocycles. The SMILES string of the molecule is C#C[C@H](CCCC(C)C)[C@H]1CCC2C3CCC4C[C@@H](NC(=O)C=C)CC[C@]4(C)C3CC[C@@]21C. The normalized spacial score (nSPS) is 43.0. The minimum Gasteiger partial charge on any atom is -0.350 e. The predicted octanol–water partition coefficient (Wildman–Crippen LogP) is 7.39. The second-order valence-electron chi connectivity index (χ2n) is 13.2. The zero-order valence-corrected chi connectivity index (χ0v) is 21.9. The van der Waals surface area contributed by atoms with Crippen LogP contribution >= 0.6 is 0 Å². The smallest absolute Gasteiger partial charge is 0.243 e. The van der Waals surface area contributed by atoms with Crippen LogP contribution in [0.1, 0.15) is 105 Å². The van der Waals surface area contributed by atoms with Crippen LogP contribution in [0.4, 0.5) is 0 Å². The van der Waals surface area contributed by atoms with Gasteiger partial charge in [-0.25, -0.2) is 0 Å². The van der Waals surface area contributed by atoms with Crippen molar-refractivity contribution in [3.63, 3.8) is 0 Å². The predicted molar refractivity (Wildman–Crippen MR) is 138 cm³/mol. The van der Waals surface area contributed by atoms with Crippen LogP contribution < -0.4 is 5.32 Å². The Hall–Kier alpha value is -1.23. The van der Waals surface area contributed by atoms with Gasteiger partial charge in [0, 0.05) is 12.0 Å². The largest absolute Gasteiger partial charge is 0.350 e. The summed E-state index contributed by atoms with van der Waals surface area (Å²) in [5.41, 5.74) is 0.912. The van der Waals surface area contributed by atoms with E-state index in [4.69, 9.17) is 6.42 Å². The van der Waals surface area contributed by atoms with Gasteiger partial charge in [-0.3, -0.25) is 4.79 Å². The van der Waals surface area contributed by atoms with E-state index in [1.54, 1.807) is 0 Å². The van der Waals surface area contributed by atoms with E-state index in [2.05, 4.69) is 45.5 Å². The summed E-state index contributed by atoms with van der Waals surface area (Å²) in [6.45, 7) is 13.5. The van der Waals surface area contributed by atoms with Gasteiger partial charge in [-0.1, -0.05) is 47.1 Å². The van der Waals surface area contributed by atoms with Crippen molar-refractivity contribution >= 4 is 5.91 Å². The number of hydrogen-bond donors (Lipinski definition) is 1. The molecule has 2 nitrogen and oxygen atoms in total. The van der Waals surface area contributed by atoms with Crippen molar-refractivity contribution in [2.24, 2.45) is 52.3 Å². The number of terminal acetylenes is 1. The first kappa shape index (κ1) is 24.9. The van der Waals surface area contributed by atoms with Crippen molar-refractivity contribution in [3.8, 4) is 12.3 Å². The zero-order valence-electron chi connectivity index (χ0n) is 21.9. The molecule has 4 aliphatic rings. The molecule has 4 aliphatic carbocycles. The van der Waals surface area contributed by atoms with Crippen molar-refractivity contribution in [3.05, 3.63) is 12.7 Å². The maximum atomic E-state index is 11.9. The lowest BCUT2D eigenvalue weighted by Crippen LogP contribution is -2.55. The van der Waals surface area contributed by atoms with Crippen LogP contribution in [0, 0.1) is 64.6 Å². The third-order valence-electron chi connectivity index (χ3n) is 11.3. The van der Waals surface area contributed by atoms with E-state index in [0.29, 0.717) is 22.8 Å². The Labute approximate surface area is 204 Å². The van der Waals surface area contributed by atoms with Crippen molar-refractivity contribution in [1.29, 1.82) is 0 Å². The Morgan fingerprint density at radius 2 is 1.79 bits per heavy atom. The molecule has 0 spiro atoms. The lowest BCUT2D eigenvalue weighted by molar-refractivity contribution is -0.124. The fourth-order valence-electron chi connectivity index (χ4n) is 9.50. The van der Waals surface area contributed by atoms with Gasteiger partial charge in [0.05, 0.1) is 0 Å². The highest BCUT2D eigenvalue weighted by molar-refractivity contribution is 5.87. The molecule has 1 amide bonds. The number of rotatable bonds is 7. The highest BCUT2D eigenvalue weighted by atomic mass is 16.1. The van der Waals surface area contributed by atoms with Crippen LogP contribution in [-0.2, 0) is 4.79 Å². The highest BCUT2D eigenvalue weighted by Gasteiger charge is 2.60. The summed E-state index contributed by atoms with van der Waals surface area (Å²) in [5, 5.41) is 3.21. The zero-order chi connectivity index (χ0) is 23.8. The lowest BCUT2D eigenvalue weighted by Gasteiger charge is -2.61. The topological polar surface area (TPSA) is 29.1 Å². The van der Waals surface area contributed by atoms with Gasteiger partial charge in [-0.05, 0) is 117 Å². The molecule has 33 heavy (non-hydrogen) atoms. The molecule has 0 radical (unpaired) electrons. The average molecular weight is 452 g/mol. The van der Waals surface area contributed by atoms with Crippen molar-refractivity contribution in [1.82, 2.24) is 5.32 Å². The molecule has 0 aromatic heterocycles. The molecule has 0 bridgehead atoms. The minimum absolute atomic E-state index is 0.000758. The van der Waals surface area contributed by atoms with E-state index in [1.165, 1.54) is 76.7 Å². The summed E-state index contributed by atoms with van der Waals surface area (Å²) in [7, 11) is 0. The van der Waals surface area contributed by atoms with E-state index >= 15 is 0 Å². The quantitative estimate of drug-likeness (QED) is 0.317. The monoisotopic (exact) mass is 451 g/mol. The van der Waals surface area contributed by atoms with Crippen molar-refractivity contribution < 1.29 is 4.79 Å². The van der Waals surface area contributed by atoms with E-state index in [-0.39, 0.29) is 5.91 Å². The van der Waals surface area contributed by atoms with E-state index in [1.807, 2.05) is 0 Å². The van der Waals surface area contributed by atoms with E-state index in [0.717, 1.165) is 41.9 Å². The molecule has 0 aromatic rings. The molecule has 184 valence electrons. The Morgan fingerprint density at radius 1 is 1.06 bits per heavy atom. The molecular formula is C31H49NO. The molecule has 4 saturated carbocycles. The molecule has 2 heteroatoms. The third kappa shape index (κ3) is 4.56. The molecule has 0 aliphatic heterocycles. The van der Waals surface area contributed by atoms with Gasteiger partial charge >= 0.3 is 0 Å². The van der Waals surface area contributed by atoms with Crippen LogP contribution in [0.3, 0.4) is 0 Å². The van der Waals surface area contributed by atoms with Crippen molar-refractivity contribution in [2.75, 3.05) is 0 Å². The number of carbonyl (C=O) groups is 1. The summed E-state index contributed by atoms with van der Waals surface area (Å²) < 4.78 is 0. The summed E-state index contributed by atoms with van der Waals surface area (Å²) in [4.78, 5) is 11.9. The molecule has 4 unspecified atom stereocenters. The lowest BCUT2D eigenvalue weighted by atomic mass is 9.44. The summed E-state index contributed by atoms with van der Waals surface area (Å²) in [6, 6.07) is 0.345. The van der Waals surface area contributed by atoms with Crippen LogP contribution in [0.15, 0.2) is 12.7 Å². The summed E-state index contributed by atoms with van der Waals surface area (Å²) >= 11 is 0. The van der Waals surface area contributed by atoms with Crippen LogP contribution in [-0.4, -0.2) is 11.9 Å². The third-order valence-corrected chi connectivity index (χ3v) is 11.3. The standard InChI is InChI=1S/C31H49NO/c1-7-22(11-9-10-21(3)4)26-14-15-27-25-13-12-23-20-24(32-29(33)8-2)16-18-30(23,5)28(25)17-19-31(26,27)6/h1,8,21-28H,2,9-20H2,3-6H3,(H,32,33)/t22-,23?,24+,25?,26-,27?,28?,30+,31-/m1/s1. The molecular weight excluding hydrogens is 402 g/mol. The minimum atomic E-state index is -0.000758. The number of hydrogen-bond acceptors (Lipinski definition) is 1. The second-order valence-corrected chi connectivity index (χ2v) is 13.2. The second kappa shape index (κ2) is 9.79. The van der Waals surface area contributed by atoms with Gasteiger partial charge in [0.15, 0.2) is 0 Å². The maximum absolute atomic E-state index is 11.9. The van der Waals surface area contributed by atoms with E-state index in [9.17, 15) is 4.79 Å². The van der Waals surface area contributed by atoms with Gasteiger partial charge in [0.1, 0.15) is 0 Å². The number of carbonyl (C=O) groups excluding carboxylic acids is 1. The van der Waals surface area contributed by atoms with Crippen LogP contribution in [0.2, 0.25) is 0 Å². The number of amides is 1. The maximum Gasteiger partial charge on any atom is 0.243 e. The molecule has 1 N–H and O–H groups in total. The Morgan fingerprint density at radius 3 is 2.48 bits per heavy atom. The van der Waals surface area contributed by atoms with Gasteiger partial charge in [-0.15, -0.1) is 12.3 Å². The van der Waals surface area contributed by atoms with Gasteiger partial charge in [-0.2, -0.15) is 0 Å². The molecule has 0 aromatic carbocycles. The summed E-state index contributed by atoms with van der Waals surface area (Å²) in [5.74, 6) is 8.67. The number of fused-ring (bicyclic) bond motifs is 5. The van der Waals surface area contributed by atoms with Gasteiger partial charge in [0.2, 0.25) is 5.91 Å². The molecule has 9 atom stereocenters. The Bertz CT molecular complexity index is 763. The average Bonchev–Trinajstić information content (AvgIpc) is 3.14. The first-order valence-corrected chi connectivity index (χ1v) is 14.1. The highest BCUT2D eigenvalue weighted by Crippen LogP contribution is 2.68. The molecule has 0 heterocycles. The molecule has 4 fully saturated rings. The van der Waals surface area contributed by atoms with Crippen molar-refractivity contribution in [2.45, 2.75) is 111 Å². The van der Waals surface area contributed by atoms with E-state index < -0.39 is 0 Å². The fourth-order valence-corrected chi connectivity index (χ4v) is 9.50. The summed E-state index contributed by atoms with van der Waals surface area (Å²) in [6.07, 6.45) is 23.3. The van der Waals surface area contributed by atoms with Gasteiger partial charge in [0.25, 0.3) is 0 Å².